The molecule has 0 heterocycles. The summed E-state index contributed by atoms with van der Waals surface area (Å²) in [5.41, 5.74) is -0.692. The number of aliphatic hydroxyl groups is 2. The number of rotatable bonds is 5. The summed E-state index contributed by atoms with van der Waals surface area (Å²) in [7, 11) is 0. The van der Waals surface area contributed by atoms with E-state index in [9.17, 15) is 19.8 Å². The highest BCUT2D eigenvalue weighted by atomic mass is 16.3. The molecule has 1 saturated carbocycles. The lowest BCUT2D eigenvalue weighted by Crippen LogP contribution is -2.41. The predicted octanol–water partition coefficient (Wildman–Crippen LogP) is 3.91. The molecule has 2 aromatic carbocycles. The van der Waals surface area contributed by atoms with Gasteiger partial charge in [0.2, 0.25) is 0 Å². The van der Waals surface area contributed by atoms with Crippen molar-refractivity contribution in [3.05, 3.63) is 71.3 Å². The van der Waals surface area contributed by atoms with Gasteiger partial charge in [0.05, 0.1) is 0 Å². The van der Waals surface area contributed by atoms with E-state index in [0.717, 1.165) is 5.56 Å². The van der Waals surface area contributed by atoms with Crippen molar-refractivity contribution in [3.63, 3.8) is 0 Å². The second kappa shape index (κ2) is 7.37. The number of carbonyl (C=O) groups excluding carboxylic acids is 2. The summed E-state index contributed by atoms with van der Waals surface area (Å²) < 4.78 is 0. The Morgan fingerprint density at radius 2 is 1.56 bits per heavy atom. The Bertz CT molecular complexity index is 825. The Morgan fingerprint density at radius 3 is 2.15 bits per heavy atom. The highest BCUT2D eigenvalue weighted by Crippen LogP contribution is 2.39. The first-order chi connectivity index (χ1) is 12.7. The van der Waals surface area contributed by atoms with Crippen LogP contribution in [0.15, 0.2) is 54.6 Å². The summed E-state index contributed by atoms with van der Waals surface area (Å²) in [6, 6.07) is 16.2. The zero-order valence-corrected chi connectivity index (χ0v) is 15.8. The second-order valence-corrected chi connectivity index (χ2v) is 8.01. The molecule has 3 rings (SSSR count). The first-order valence-corrected chi connectivity index (χ1v) is 9.40. The van der Waals surface area contributed by atoms with E-state index in [1.165, 1.54) is 13.8 Å². The molecule has 0 aromatic heterocycles. The van der Waals surface area contributed by atoms with Gasteiger partial charge in [-0.15, -0.1) is 0 Å². The summed E-state index contributed by atoms with van der Waals surface area (Å²) in [6.45, 7) is 2.97. The number of benzene rings is 2. The molecule has 0 bridgehead atoms. The van der Waals surface area contributed by atoms with Gasteiger partial charge in [-0.25, -0.2) is 0 Å². The first-order valence-electron chi connectivity index (χ1n) is 9.40. The summed E-state index contributed by atoms with van der Waals surface area (Å²) in [5, 5.41) is 20.8. The third-order valence-electron chi connectivity index (χ3n) is 5.45. The second-order valence-electron chi connectivity index (χ2n) is 8.01. The first kappa shape index (κ1) is 19.5. The molecule has 142 valence electrons. The fraction of sp³-hybridized carbons (Fsp3) is 0.391. The standard InChI is InChI=1S/C23H26O4/c1-22(2,26)20(24)19-10-6-9-18(15-19)16-11-13-23(27,14-12-16)21(25)17-7-4-3-5-8-17/h3-10,15-16,26-27H,11-14H2,1-2H3. The molecule has 2 aromatic rings. The molecule has 0 spiro atoms. The maximum atomic E-state index is 12.7. The molecule has 0 radical (unpaired) electrons. The summed E-state index contributed by atoms with van der Waals surface area (Å²) >= 11 is 0. The zero-order chi connectivity index (χ0) is 19.7. The van der Waals surface area contributed by atoms with Crippen LogP contribution in [0, 0.1) is 0 Å². The fourth-order valence-electron chi connectivity index (χ4n) is 3.80. The normalized spacial score (nSPS) is 23.0. The topological polar surface area (TPSA) is 74.6 Å². The van der Waals surface area contributed by atoms with E-state index in [1.54, 1.807) is 30.3 Å². The lowest BCUT2D eigenvalue weighted by molar-refractivity contribution is 0.00843. The molecule has 2 N–H and O–H groups in total. The molecule has 1 aliphatic rings. The van der Waals surface area contributed by atoms with Crippen LogP contribution in [0.3, 0.4) is 0 Å². The zero-order valence-electron chi connectivity index (χ0n) is 15.8. The van der Waals surface area contributed by atoms with E-state index in [4.69, 9.17) is 0 Å². The van der Waals surface area contributed by atoms with Gasteiger partial charge >= 0.3 is 0 Å². The highest BCUT2D eigenvalue weighted by molar-refractivity contribution is 6.02. The molecule has 27 heavy (non-hydrogen) atoms. The molecule has 0 unspecified atom stereocenters. The van der Waals surface area contributed by atoms with Crippen molar-refractivity contribution in [2.75, 3.05) is 0 Å². The van der Waals surface area contributed by atoms with E-state index in [-0.39, 0.29) is 17.5 Å². The van der Waals surface area contributed by atoms with Gasteiger partial charge in [-0.2, -0.15) is 0 Å². The minimum Gasteiger partial charge on any atom is -0.382 e. The molecule has 4 nitrogen and oxygen atoms in total. The van der Waals surface area contributed by atoms with Gasteiger partial charge in [0.15, 0.2) is 11.6 Å². The van der Waals surface area contributed by atoms with Gasteiger partial charge in [-0.3, -0.25) is 9.59 Å². The Labute approximate surface area is 159 Å². The Kier molecular flexibility index (Phi) is 5.31. The number of ketones is 2. The average Bonchev–Trinajstić information content (AvgIpc) is 2.67. The van der Waals surface area contributed by atoms with Crippen LogP contribution in [0.2, 0.25) is 0 Å². The Hall–Kier alpha value is -2.30. The van der Waals surface area contributed by atoms with Gasteiger partial charge in [-0.1, -0.05) is 48.5 Å². The fourth-order valence-corrected chi connectivity index (χ4v) is 3.80. The Balaban J connectivity index is 1.73. The molecule has 0 aliphatic heterocycles. The molecule has 1 fully saturated rings. The van der Waals surface area contributed by atoms with Crippen LogP contribution in [0.25, 0.3) is 0 Å². The van der Waals surface area contributed by atoms with E-state index in [1.807, 2.05) is 24.3 Å². The lowest BCUT2D eigenvalue weighted by Gasteiger charge is -2.35. The van der Waals surface area contributed by atoms with Crippen molar-refractivity contribution in [2.24, 2.45) is 0 Å². The smallest absolute Gasteiger partial charge is 0.194 e. The molecular formula is C23H26O4. The van der Waals surface area contributed by atoms with E-state index in [2.05, 4.69) is 0 Å². The molecule has 0 atom stereocenters. The van der Waals surface area contributed by atoms with Crippen molar-refractivity contribution in [1.82, 2.24) is 0 Å². The van der Waals surface area contributed by atoms with Gasteiger partial charge < -0.3 is 10.2 Å². The SMILES string of the molecule is CC(C)(O)C(=O)c1cccc(C2CCC(O)(C(=O)c3ccccc3)CC2)c1. The van der Waals surface area contributed by atoms with E-state index in [0.29, 0.717) is 36.8 Å². The lowest BCUT2D eigenvalue weighted by atomic mass is 9.73. The summed E-state index contributed by atoms with van der Waals surface area (Å²) in [4.78, 5) is 25.0. The van der Waals surface area contributed by atoms with Gasteiger partial charge in [-0.05, 0) is 57.1 Å². The third-order valence-corrected chi connectivity index (χ3v) is 5.45. The van der Waals surface area contributed by atoms with Crippen LogP contribution in [-0.4, -0.2) is 33.0 Å². The van der Waals surface area contributed by atoms with Crippen molar-refractivity contribution in [3.8, 4) is 0 Å². The number of Topliss-reactive ketones (excluding diaryl/α,β-unsaturated/α-hetero) is 2. The summed E-state index contributed by atoms with van der Waals surface area (Å²) in [5.74, 6) is -0.341. The van der Waals surface area contributed by atoms with Crippen LogP contribution < -0.4 is 0 Å². The molecular weight excluding hydrogens is 340 g/mol. The van der Waals surface area contributed by atoms with Crippen molar-refractivity contribution in [1.29, 1.82) is 0 Å². The Morgan fingerprint density at radius 1 is 0.963 bits per heavy atom. The molecule has 0 amide bonds. The van der Waals surface area contributed by atoms with Crippen molar-refractivity contribution in [2.45, 2.75) is 56.7 Å². The maximum absolute atomic E-state index is 12.7. The van der Waals surface area contributed by atoms with Crippen LogP contribution >= 0.6 is 0 Å². The van der Waals surface area contributed by atoms with Crippen LogP contribution in [0.5, 0.6) is 0 Å². The van der Waals surface area contributed by atoms with Gasteiger partial charge in [0, 0.05) is 11.1 Å². The maximum Gasteiger partial charge on any atom is 0.194 e. The molecule has 4 heteroatoms. The largest absolute Gasteiger partial charge is 0.382 e. The van der Waals surface area contributed by atoms with E-state index >= 15 is 0 Å². The van der Waals surface area contributed by atoms with Crippen LogP contribution in [0.4, 0.5) is 0 Å². The number of hydrogen-bond donors (Lipinski definition) is 2. The number of carbonyl (C=O) groups is 2. The highest BCUT2D eigenvalue weighted by Gasteiger charge is 2.40. The monoisotopic (exact) mass is 366 g/mol. The third kappa shape index (κ3) is 4.18. The minimum atomic E-state index is -1.41. The van der Waals surface area contributed by atoms with Crippen molar-refractivity contribution >= 4 is 11.6 Å². The number of hydrogen-bond acceptors (Lipinski definition) is 4. The minimum absolute atomic E-state index is 0.184. The van der Waals surface area contributed by atoms with Gasteiger partial charge in [0.1, 0.15) is 11.2 Å². The molecule has 0 saturated heterocycles. The van der Waals surface area contributed by atoms with Gasteiger partial charge in [0.25, 0.3) is 0 Å². The predicted molar refractivity (Wildman–Crippen MR) is 104 cm³/mol. The quantitative estimate of drug-likeness (QED) is 0.787. The summed E-state index contributed by atoms with van der Waals surface area (Å²) in [6.07, 6.45) is 2.15. The van der Waals surface area contributed by atoms with E-state index < -0.39 is 11.2 Å². The van der Waals surface area contributed by atoms with Crippen LogP contribution in [0.1, 0.15) is 71.7 Å². The average molecular weight is 366 g/mol. The van der Waals surface area contributed by atoms with Crippen LogP contribution in [-0.2, 0) is 0 Å². The van der Waals surface area contributed by atoms with Crippen molar-refractivity contribution < 1.29 is 19.8 Å². The molecule has 1 aliphatic carbocycles.